The fraction of sp³-hybridized carbons (Fsp3) is 1.00. The van der Waals surface area contributed by atoms with Gasteiger partial charge in [-0.15, -0.1) is 0 Å². The zero-order valence-corrected chi connectivity index (χ0v) is 5.38. The molecule has 0 bridgehead atoms. The second-order valence-electron chi connectivity index (χ2n) is 2.48. The molecular weight excluding hydrogens is 118 g/mol. The zero-order chi connectivity index (χ0) is 6.69. The van der Waals surface area contributed by atoms with E-state index >= 15 is 0 Å². The van der Waals surface area contributed by atoms with Gasteiger partial charge in [-0.1, -0.05) is 0 Å². The van der Waals surface area contributed by atoms with E-state index in [2.05, 4.69) is 5.32 Å². The van der Waals surface area contributed by atoms with Crippen LogP contribution < -0.4 is 5.32 Å². The van der Waals surface area contributed by atoms with E-state index in [0.29, 0.717) is 0 Å². The van der Waals surface area contributed by atoms with Crippen molar-refractivity contribution in [1.29, 1.82) is 0 Å². The number of aliphatic hydroxyl groups is 2. The summed E-state index contributed by atoms with van der Waals surface area (Å²) in [6.07, 6.45) is 2.54. The minimum absolute atomic E-state index is 0.498. The Bertz CT molecular complexity index is 77.1. The van der Waals surface area contributed by atoms with Crippen molar-refractivity contribution in [3.63, 3.8) is 0 Å². The van der Waals surface area contributed by atoms with Gasteiger partial charge in [0.05, 0.1) is 0 Å². The smallest absolute Gasteiger partial charge is 0.106 e. The molecule has 3 N–H and O–H groups in total. The summed E-state index contributed by atoms with van der Waals surface area (Å²) in [5.74, 6) is 0. The highest BCUT2D eigenvalue weighted by molar-refractivity contribution is 4.63. The maximum absolute atomic E-state index is 8.99. The van der Waals surface area contributed by atoms with E-state index < -0.39 is 12.5 Å². The molecule has 0 aromatic carbocycles. The van der Waals surface area contributed by atoms with Crippen molar-refractivity contribution in [2.24, 2.45) is 0 Å². The number of hydrogen-bond donors (Lipinski definition) is 3. The summed E-state index contributed by atoms with van der Waals surface area (Å²) in [6, 6.07) is 0. The quantitative estimate of drug-likeness (QED) is 0.426. The Morgan fingerprint density at radius 3 is 1.89 bits per heavy atom. The van der Waals surface area contributed by atoms with Crippen molar-refractivity contribution >= 4 is 0 Å². The Morgan fingerprint density at radius 2 is 1.44 bits per heavy atom. The maximum Gasteiger partial charge on any atom is 0.106 e. The van der Waals surface area contributed by atoms with Crippen molar-refractivity contribution in [2.75, 3.05) is 0 Å². The lowest BCUT2D eigenvalue weighted by molar-refractivity contribution is 0.0467. The van der Waals surface area contributed by atoms with Gasteiger partial charge in [-0.3, -0.25) is 5.32 Å². The van der Waals surface area contributed by atoms with Gasteiger partial charge < -0.3 is 10.2 Å². The van der Waals surface area contributed by atoms with Gasteiger partial charge in [0.1, 0.15) is 12.5 Å². The van der Waals surface area contributed by atoms with Crippen LogP contribution in [0.25, 0.3) is 0 Å². The van der Waals surface area contributed by atoms with E-state index in [-0.39, 0.29) is 0 Å². The number of aliphatic hydroxyl groups excluding tert-OH is 2. The fourth-order valence-corrected chi connectivity index (χ4v) is 1.06. The summed E-state index contributed by atoms with van der Waals surface area (Å²) in [5, 5.41) is 20.6. The second-order valence-corrected chi connectivity index (χ2v) is 2.48. The first-order valence-corrected chi connectivity index (χ1v) is 3.41. The molecule has 3 nitrogen and oxygen atoms in total. The summed E-state index contributed by atoms with van der Waals surface area (Å²) in [5.41, 5.74) is 0. The van der Waals surface area contributed by atoms with Crippen LogP contribution in [0, 0.1) is 0 Å². The molecule has 1 aliphatic rings. The lowest BCUT2D eigenvalue weighted by Crippen LogP contribution is -2.35. The zero-order valence-electron chi connectivity index (χ0n) is 5.38. The van der Waals surface area contributed by atoms with E-state index in [4.69, 9.17) is 10.2 Å². The van der Waals surface area contributed by atoms with Gasteiger partial charge in [0, 0.05) is 0 Å². The van der Waals surface area contributed by atoms with Crippen molar-refractivity contribution < 1.29 is 10.2 Å². The number of nitrogens with one attached hydrogen (secondary N) is 1. The first-order chi connectivity index (χ1) is 4.29. The van der Waals surface area contributed by atoms with Gasteiger partial charge in [0.25, 0.3) is 0 Å². The van der Waals surface area contributed by atoms with Crippen molar-refractivity contribution in [1.82, 2.24) is 5.32 Å². The summed E-state index contributed by atoms with van der Waals surface area (Å²) >= 11 is 0. The van der Waals surface area contributed by atoms with Crippen LogP contribution in [-0.4, -0.2) is 22.7 Å². The first-order valence-electron chi connectivity index (χ1n) is 3.41. The van der Waals surface area contributed by atoms with Gasteiger partial charge in [-0.05, 0) is 25.7 Å². The third-order valence-corrected chi connectivity index (χ3v) is 1.59. The third kappa shape index (κ3) is 2.30. The monoisotopic (exact) mass is 131 g/mol. The molecule has 54 valence electrons. The van der Waals surface area contributed by atoms with Gasteiger partial charge in [-0.25, -0.2) is 0 Å². The molecule has 0 radical (unpaired) electrons. The Kier molecular flexibility index (Phi) is 2.45. The molecule has 2 atom stereocenters. The summed E-state index contributed by atoms with van der Waals surface area (Å²) < 4.78 is 0. The van der Waals surface area contributed by atoms with Gasteiger partial charge in [-0.2, -0.15) is 0 Å². The van der Waals surface area contributed by atoms with Crippen LogP contribution in [0.4, 0.5) is 0 Å². The fourth-order valence-electron chi connectivity index (χ4n) is 1.06. The summed E-state index contributed by atoms with van der Waals surface area (Å²) in [7, 11) is 0. The summed E-state index contributed by atoms with van der Waals surface area (Å²) in [6.45, 7) is 0. The normalized spacial score (nSPS) is 38.0. The van der Waals surface area contributed by atoms with Crippen LogP contribution in [-0.2, 0) is 0 Å². The van der Waals surface area contributed by atoms with E-state index in [9.17, 15) is 0 Å². The van der Waals surface area contributed by atoms with Crippen LogP contribution in [0.15, 0.2) is 0 Å². The Hall–Kier alpha value is -0.120. The van der Waals surface area contributed by atoms with Crippen molar-refractivity contribution in [2.45, 2.75) is 38.1 Å². The van der Waals surface area contributed by atoms with Crippen LogP contribution in [0.2, 0.25) is 0 Å². The van der Waals surface area contributed by atoms with Crippen molar-refractivity contribution in [3.8, 4) is 0 Å². The van der Waals surface area contributed by atoms with E-state index in [1.165, 1.54) is 0 Å². The molecule has 0 aromatic rings. The molecule has 9 heavy (non-hydrogen) atoms. The first kappa shape index (κ1) is 6.99. The number of hydrogen-bond acceptors (Lipinski definition) is 3. The highest BCUT2D eigenvalue weighted by Crippen LogP contribution is 2.09. The molecule has 0 spiro atoms. The molecule has 1 saturated heterocycles. The second kappa shape index (κ2) is 3.15. The molecule has 1 fully saturated rings. The SMILES string of the molecule is OC1CCCCC(O)N1. The molecule has 2 unspecified atom stereocenters. The lowest BCUT2D eigenvalue weighted by Gasteiger charge is -2.11. The predicted octanol–water partition coefficient (Wildman–Crippen LogP) is -0.213. The number of rotatable bonds is 0. The lowest BCUT2D eigenvalue weighted by atomic mass is 10.2. The van der Waals surface area contributed by atoms with Crippen LogP contribution in [0.3, 0.4) is 0 Å². The van der Waals surface area contributed by atoms with E-state index in [1.807, 2.05) is 0 Å². The Morgan fingerprint density at radius 1 is 1.00 bits per heavy atom. The molecule has 0 aromatic heterocycles. The predicted molar refractivity (Wildman–Crippen MR) is 33.6 cm³/mol. The molecule has 0 aliphatic carbocycles. The molecular formula is C6H13NO2. The summed E-state index contributed by atoms with van der Waals surface area (Å²) in [4.78, 5) is 0. The highest BCUT2D eigenvalue weighted by Gasteiger charge is 2.13. The topological polar surface area (TPSA) is 52.5 Å². The van der Waals surface area contributed by atoms with E-state index in [0.717, 1.165) is 25.7 Å². The highest BCUT2D eigenvalue weighted by atomic mass is 16.3. The standard InChI is InChI=1S/C6H13NO2/c8-5-3-1-2-4-6(9)7-5/h5-9H,1-4H2. The Balaban J connectivity index is 2.29. The third-order valence-electron chi connectivity index (χ3n) is 1.59. The van der Waals surface area contributed by atoms with Gasteiger partial charge >= 0.3 is 0 Å². The molecule has 1 rings (SSSR count). The average Bonchev–Trinajstić information content (AvgIpc) is 1.93. The van der Waals surface area contributed by atoms with Crippen LogP contribution in [0.5, 0.6) is 0 Å². The maximum atomic E-state index is 8.99. The minimum atomic E-state index is -0.498. The van der Waals surface area contributed by atoms with Gasteiger partial charge in [0.15, 0.2) is 0 Å². The molecule has 1 aliphatic heterocycles. The minimum Gasteiger partial charge on any atom is -0.379 e. The van der Waals surface area contributed by atoms with Gasteiger partial charge in [0.2, 0.25) is 0 Å². The molecule has 0 amide bonds. The Labute approximate surface area is 54.7 Å². The van der Waals surface area contributed by atoms with Crippen molar-refractivity contribution in [3.05, 3.63) is 0 Å². The van der Waals surface area contributed by atoms with Crippen LogP contribution in [0.1, 0.15) is 25.7 Å². The average molecular weight is 131 g/mol. The van der Waals surface area contributed by atoms with Crippen LogP contribution >= 0.6 is 0 Å². The molecule has 3 heteroatoms. The molecule has 0 saturated carbocycles. The van der Waals surface area contributed by atoms with E-state index in [1.54, 1.807) is 0 Å². The molecule has 1 heterocycles. The largest absolute Gasteiger partial charge is 0.379 e.